The summed E-state index contributed by atoms with van der Waals surface area (Å²) in [5.41, 5.74) is 1.93. The van der Waals surface area contributed by atoms with E-state index in [0.717, 1.165) is 15.8 Å². The highest BCUT2D eigenvalue weighted by atomic mass is 79.9. The number of hydrogen-bond acceptors (Lipinski definition) is 4. The third-order valence-corrected chi connectivity index (χ3v) is 4.05. The highest BCUT2D eigenvalue weighted by Crippen LogP contribution is 2.26. The summed E-state index contributed by atoms with van der Waals surface area (Å²) in [6.45, 7) is 3.36. The van der Waals surface area contributed by atoms with Crippen LogP contribution in [0.15, 0.2) is 46.9 Å². The number of halogens is 1. The first kappa shape index (κ1) is 19.9. The molecule has 2 aromatic rings. The van der Waals surface area contributed by atoms with E-state index in [1.165, 1.54) is 6.92 Å². The molecule has 2 rings (SSSR count). The van der Waals surface area contributed by atoms with Gasteiger partial charge in [-0.15, -0.1) is 0 Å². The Bertz CT molecular complexity index is 795. The summed E-state index contributed by atoms with van der Waals surface area (Å²) in [7, 11) is 1.60. The molecule has 6 nitrogen and oxygen atoms in total. The van der Waals surface area contributed by atoms with E-state index in [1.807, 2.05) is 24.3 Å². The third-order valence-electron chi connectivity index (χ3n) is 3.55. The molecule has 0 saturated carbocycles. The van der Waals surface area contributed by atoms with Gasteiger partial charge in [0.05, 0.1) is 25.1 Å². The van der Waals surface area contributed by atoms with Crippen molar-refractivity contribution in [2.45, 2.75) is 26.6 Å². The molecular formula is C19H21BrN2O4. The molecule has 0 spiro atoms. The summed E-state index contributed by atoms with van der Waals surface area (Å²) in [5.74, 6) is 0.208. The third kappa shape index (κ3) is 5.86. The average molecular weight is 421 g/mol. The topological polar surface area (TPSA) is 76.7 Å². The van der Waals surface area contributed by atoms with Gasteiger partial charge in [-0.2, -0.15) is 0 Å². The zero-order chi connectivity index (χ0) is 19.1. The summed E-state index contributed by atoms with van der Waals surface area (Å²) in [5, 5.41) is 5.47. The predicted molar refractivity (Wildman–Crippen MR) is 104 cm³/mol. The Balaban J connectivity index is 2.00. The van der Waals surface area contributed by atoms with Crippen molar-refractivity contribution in [1.82, 2.24) is 0 Å². The number of ether oxygens (including phenoxy) is 2. The fourth-order valence-electron chi connectivity index (χ4n) is 2.21. The van der Waals surface area contributed by atoms with E-state index in [9.17, 15) is 9.59 Å². The van der Waals surface area contributed by atoms with E-state index >= 15 is 0 Å². The van der Waals surface area contributed by atoms with Crippen LogP contribution in [-0.4, -0.2) is 25.0 Å². The minimum atomic E-state index is -0.676. The molecule has 2 amide bonds. The number of benzene rings is 2. The van der Waals surface area contributed by atoms with Gasteiger partial charge in [0.25, 0.3) is 5.91 Å². The van der Waals surface area contributed by atoms with Crippen molar-refractivity contribution in [2.24, 2.45) is 0 Å². The van der Waals surface area contributed by atoms with Crippen molar-refractivity contribution in [3.8, 4) is 5.75 Å². The van der Waals surface area contributed by atoms with Gasteiger partial charge in [0, 0.05) is 11.4 Å². The predicted octanol–water partition coefficient (Wildman–Crippen LogP) is 3.96. The van der Waals surface area contributed by atoms with Crippen molar-refractivity contribution >= 4 is 39.1 Å². The Kier molecular flexibility index (Phi) is 7.17. The summed E-state index contributed by atoms with van der Waals surface area (Å²) in [6, 6.07) is 12.7. The van der Waals surface area contributed by atoms with Crippen molar-refractivity contribution in [1.29, 1.82) is 0 Å². The first-order valence-electron chi connectivity index (χ1n) is 8.01. The maximum atomic E-state index is 12.4. The number of amides is 2. The van der Waals surface area contributed by atoms with E-state index in [4.69, 9.17) is 9.47 Å². The van der Waals surface area contributed by atoms with Crippen molar-refractivity contribution in [2.75, 3.05) is 17.7 Å². The Morgan fingerprint density at radius 3 is 2.58 bits per heavy atom. The lowest BCUT2D eigenvalue weighted by Crippen LogP contribution is -2.28. The Morgan fingerprint density at radius 2 is 1.88 bits per heavy atom. The Hall–Kier alpha value is -2.38. The second kappa shape index (κ2) is 9.35. The summed E-state index contributed by atoms with van der Waals surface area (Å²) < 4.78 is 11.6. The first-order valence-corrected chi connectivity index (χ1v) is 8.81. The lowest BCUT2D eigenvalue weighted by molar-refractivity contribution is -0.127. The zero-order valence-corrected chi connectivity index (χ0v) is 16.4. The molecule has 0 aliphatic rings. The monoisotopic (exact) mass is 420 g/mol. The largest absolute Gasteiger partial charge is 0.497 e. The van der Waals surface area contributed by atoms with Crippen LogP contribution >= 0.6 is 15.9 Å². The molecule has 26 heavy (non-hydrogen) atoms. The van der Waals surface area contributed by atoms with E-state index in [-0.39, 0.29) is 18.4 Å². The van der Waals surface area contributed by atoms with E-state index in [2.05, 4.69) is 26.6 Å². The second-order valence-corrected chi connectivity index (χ2v) is 6.58. The van der Waals surface area contributed by atoms with Gasteiger partial charge in [-0.05, 0) is 42.8 Å². The number of rotatable bonds is 7. The summed E-state index contributed by atoms with van der Waals surface area (Å²) in [4.78, 5) is 23.7. The normalized spacial score (nSPS) is 11.5. The average Bonchev–Trinajstić information content (AvgIpc) is 2.61. The molecule has 0 aromatic heterocycles. The minimum absolute atomic E-state index is 0.217. The molecule has 0 aliphatic carbocycles. The van der Waals surface area contributed by atoms with Crippen LogP contribution in [0.1, 0.15) is 19.4 Å². The van der Waals surface area contributed by atoms with Crippen LogP contribution in [0.25, 0.3) is 0 Å². The van der Waals surface area contributed by atoms with Crippen LogP contribution in [-0.2, 0) is 20.9 Å². The van der Waals surface area contributed by atoms with Gasteiger partial charge in [0.1, 0.15) is 11.9 Å². The molecule has 0 heterocycles. The number of nitrogens with one attached hydrogen (secondary N) is 2. The molecule has 2 aromatic carbocycles. The van der Waals surface area contributed by atoms with Crippen LogP contribution < -0.4 is 15.4 Å². The first-order chi connectivity index (χ1) is 12.4. The van der Waals surface area contributed by atoms with E-state index in [0.29, 0.717) is 11.4 Å². The molecular weight excluding hydrogens is 400 g/mol. The molecule has 1 atom stereocenters. The number of methoxy groups -OCH3 is 1. The molecule has 7 heteroatoms. The van der Waals surface area contributed by atoms with Gasteiger partial charge in [-0.25, -0.2) is 0 Å². The lowest BCUT2D eigenvalue weighted by Gasteiger charge is -2.16. The quantitative estimate of drug-likeness (QED) is 0.710. The van der Waals surface area contributed by atoms with Gasteiger partial charge in [-0.1, -0.05) is 28.1 Å². The minimum Gasteiger partial charge on any atom is -0.497 e. The summed E-state index contributed by atoms with van der Waals surface area (Å²) in [6.07, 6.45) is -0.676. The second-order valence-electron chi connectivity index (χ2n) is 5.67. The van der Waals surface area contributed by atoms with Crippen LogP contribution in [0.4, 0.5) is 11.4 Å². The number of carbonyl (C=O) groups excluding carboxylic acids is 2. The van der Waals surface area contributed by atoms with Gasteiger partial charge in [0.2, 0.25) is 5.91 Å². The van der Waals surface area contributed by atoms with Crippen molar-refractivity contribution in [3.63, 3.8) is 0 Å². The van der Waals surface area contributed by atoms with Crippen molar-refractivity contribution < 1.29 is 19.1 Å². The fourth-order valence-corrected chi connectivity index (χ4v) is 2.57. The highest BCUT2D eigenvalue weighted by Gasteiger charge is 2.16. The standard InChI is InChI=1S/C19H21BrN2O4/c1-12(26-11-14-5-4-6-16(9-14)25-3)19(24)22-18-10-15(20)7-8-17(18)21-13(2)23/h4-10,12H,11H2,1-3H3,(H,21,23)(H,22,24). The Labute approximate surface area is 161 Å². The van der Waals surface area contributed by atoms with Crippen LogP contribution in [0.5, 0.6) is 5.75 Å². The zero-order valence-electron chi connectivity index (χ0n) is 14.8. The van der Waals surface area contributed by atoms with Gasteiger partial charge < -0.3 is 20.1 Å². The smallest absolute Gasteiger partial charge is 0.253 e. The lowest BCUT2D eigenvalue weighted by atomic mass is 10.2. The van der Waals surface area contributed by atoms with E-state index in [1.54, 1.807) is 32.2 Å². The van der Waals surface area contributed by atoms with Gasteiger partial charge in [-0.3, -0.25) is 9.59 Å². The molecule has 138 valence electrons. The van der Waals surface area contributed by atoms with Gasteiger partial charge in [0.15, 0.2) is 0 Å². The number of carbonyl (C=O) groups is 2. The molecule has 0 aliphatic heterocycles. The molecule has 1 unspecified atom stereocenters. The van der Waals surface area contributed by atoms with Crippen LogP contribution in [0, 0.1) is 0 Å². The molecule has 0 bridgehead atoms. The molecule has 0 fully saturated rings. The highest BCUT2D eigenvalue weighted by molar-refractivity contribution is 9.10. The van der Waals surface area contributed by atoms with Crippen molar-refractivity contribution in [3.05, 3.63) is 52.5 Å². The Morgan fingerprint density at radius 1 is 1.12 bits per heavy atom. The van der Waals surface area contributed by atoms with Crippen LogP contribution in [0.2, 0.25) is 0 Å². The van der Waals surface area contributed by atoms with E-state index < -0.39 is 6.10 Å². The maximum Gasteiger partial charge on any atom is 0.253 e. The SMILES string of the molecule is COc1cccc(COC(C)C(=O)Nc2cc(Br)ccc2NC(C)=O)c1. The number of hydrogen-bond donors (Lipinski definition) is 2. The maximum absolute atomic E-state index is 12.4. The molecule has 2 N–H and O–H groups in total. The van der Waals surface area contributed by atoms with Crippen LogP contribution in [0.3, 0.4) is 0 Å². The van der Waals surface area contributed by atoms with Gasteiger partial charge >= 0.3 is 0 Å². The summed E-state index contributed by atoms with van der Waals surface area (Å²) >= 11 is 3.36. The molecule has 0 saturated heterocycles. The fraction of sp³-hybridized carbons (Fsp3) is 0.263. The number of anilines is 2. The molecule has 0 radical (unpaired) electrons.